The average Bonchev–Trinajstić information content (AvgIpc) is 2.25. The van der Waals surface area contributed by atoms with E-state index in [1.807, 2.05) is 0 Å². The van der Waals surface area contributed by atoms with E-state index in [9.17, 15) is 0 Å². The van der Waals surface area contributed by atoms with Crippen molar-refractivity contribution in [3.63, 3.8) is 0 Å². The molecule has 0 bridgehead atoms. The van der Waals surface area contributed by atoms with Crippen molar-refractivity contribution < 1.29 is 5.11 Å². The molecule has 0 amide bonds. The zero-order valence-electron chi connectivity index (χ0n) is 9.21. The van der Waals surface area contributed by atoms with Crippen LogP contribution in [0.3, 0.4) is 0 Å². The molecule has 0 saturated heterocycles. The molecule has 0 saturated carbocycles. The maximum absolute atomic E-state index is 8.70. The van der Waals surface area contributed by atoms with E-state index in [1.165, 1.54) is 19.3 Å². The molecule has 1 rings (SSSR count). The van der Waals surface area contributed by atoms with E-state index in [0.29, 0.717) is 12.6 Å². The largest absolute Gasteiger partial charge is 0.396 e. The number of hydrogen-bond acceptors (Lipinski definition) is 2. The summed E-state index contributed by atoms with van der Waals surface area (Å²) in [6.07, 6.45) is 10.4. The van der Waals surface area contributed by atoms with Crippen molar-refractivity contribution in [1.29, 1.82) is 0 Å². The first-order valence-electron chi connectivity index (χ1n) is 5.82. The molecular weight excluding hydrogens is 174 g/mol. The fourth-order valence-corrected chi connectivity index (χ4v) is 1.91. The van der Waals surface area contributed by atoms with Crippen molar-refractivity contribution in [2.24, 2.45) is 5.92 Å². The summed E-state index contributed by atoms with van der Waals surface area (Å²) in [5.41, 5.74) is 0. The Hall–Kier alpha value is -0.340. The van der Waals surface area contributed by atoms with E-state index in [-0.39, 0.29) is 0 Å². The molecular formula is C12H23NO. The summed E-state index contributed by atoms with van der Waals surface area (Å²) in [5.74, 6) is 0.830. The van der Waals surface area contributed by atoms with Crippen LogP contribution in [0.15, 0.2) is 12.2 Å². The monoisotopic (exact) mass is 197 g/mol. The number of nitrogens with one attached hydrogen (secondary N) is 1. The summed E-state index contributed by atoms with van der Waals surface area (Å²) in [6, 6.07) is 0.549. The zero-order chi connectivity index (χ0) is 10.2. The van der Waals surface area contributed by atoms with Gasteiger partial charge in [-0.25, -0.2) is 0 Å². The Balaban J connectivity index is 2.04. The topological polar surface area (TPSA) is 32.3 Å². The quantitative estimate of drug-likeness (QED) is 0.639. The molecule has 0 aromatic carbocycles. The van der Waals surface area contributed by atoms with Crippen LogP contribution in [-0.2, 0) is 0 Å². The number of rotatable bonds is 6. The maximum atomic E-state index is 8.70. The van der Waals surface area contributed by atoms with Crippen molar-refractivity contribution in [3.8, 4) is 0 Å². The summed E-state index contributed by atoms with van der Waals surface area (Å²) in [6.45, 7) is 3.66. The third-order valence-corrected chi connectivity index (χ3v) is 2.93. The van der Waals surface area contributed by atoms with Gasteiger partial charge < -0.3 is 10.4 Å². The average molecular weight is 197 g/mol. The predicted molar refractivity (Wildman–Crippen MR) is 60.3 cm³/mol. The van der Waals surface area contributed by atoms with Gasteiger partial charge in [0.2, 0.25) is 0 Å². The highest BCUT2D eigenvalue weighted by Gasteiger charge is 2.10. The van der Waals surface area contributed by atoms with Gasteiger partial charge in [-0.3, -0.25) is 0 Å². The van der Waals surface area contributed by atoms with Crippen LogP contribution in [0.2, 0.25) is 0 Å². The molecule has 1 aliphatic rings. The molecule has 0 spiro atoms. The number of hydrogen-bond donors (Lipinski definition) is 2. The minimum absolute atomic E-state index is 0.318. The summed E-state index contributed by atoms with van der Waals surface area (Å²) in [5, 5.41) is 12.2. The molecule has 0 aliphatic heterocycles. The molecule has 0 aromatic heterocycles. The number of allylic oxidation sites excluding steroid dienone is 2. The molecule has 0 radical (unpaired) electrons. The lowest BCUT2D eigenvalue weighted by molar-refractivity contribution is 0.274. The van der Waals surface area contributed by atoms with Crippen LogP contribution < -0.4 is 5.32 Å². The number of aliphatic hydroxyl groups excluding tert-OH is 1. The van der Waals surface area contributed by atoms with E-state index in [0.717, 1.165) is 25.3 Å². The van der Waals surface area contributed by atoms with E-state index in [1.54, 1.807) is 0 Å². The lowest BCUT2D eigenvalue weighted by Gasteiger charge is -2.21. The molecule has 2 nitrogen and oxygen atoms in total. The van der Waals surface area contributed by atoms with Crippen molar-refractivity contribution in [1.82, 2.24) is 5.32 Å². The number of aliphatic hydroxyl groups is 1. The second-order valence-electron chi connectivity index (χ2n) is 4.33. The highest BCUT2D eigenvalue weighted by molar-refractivity contribution is 4.90. The van der Waals surface area contributed by atoms with Gasteiger partial charge in [0.1, 0.15) is 0 Å². The standard InChI is InChI=1S/C12H23NO/c1-11(6-5-9-14)13-10-12-7-3-2-4-8-12/h2-3,11-14H,4-10H2,1H3. The molecule has 2 N–H and O–H groups in total. The fourth-order valence-electron chi connectivity index (χ4n) is 1.91. The van der Waals surface area contributed by atoms with E-state index in [2.05, 4.69) is 24.4 Å². The Kier molecular flexibility index (Phi) is 5.88. The van der Waals surface area contributed by atoms with Gasteiger partial charge in [0, 0.05) is 12.6 Å². The smallest absolute Gasteiger partial charge is 0.0431 e. The van der Waals surface area contributed by atoms with E-state index < -0.39 is 0 Å². The van der Waals surface area contributed by atoms with Gasteiger partial charge >= 0.3 is 0 Å². The summed E-state index contributed by atoms with van der Waals surface area (Å²) < 4.78 is 0. The highest BCUT2D eigenvalue weighted by atomic mass is 16.2. The zero-order valence-corrected chi connectivity index (χ0v) is 9.21. The normalized spacial score (nSPS) is 23.7. The van der Waals surface area contributed by atoms with Crippen molar-refractivity contribution in [3.05, 3.63) is 12.2 Å². The molecule has 2 heteroatoms. The Morgan fingerprint density at radius 3 is 3.00 bits per heavy atom. The first-order chi connectivity index (χ1) is 6.83. The molecule has 2 atom stereocenters. The molecule has 1 aliphatic carbocycles. The summed E-state index contributed by atoms with van der Waals surface area (Å²) in [4.78, 5) is 0. The predicted octanol–water partition coefficient (Wildman–Crippen LogP) is 2.09. The molecule has 2 unspecified atom stereocenters. The van der Waals surface area contributed by atoms with Gasteiger partial charge in [-0.1, -0.05) is 12.2 Å². The molecule has 0 aromatic rings. The van der Waals surface area contributed by atoms with Crippen molar-refractivity contribution in [2.75, 3.05) is 13.2 Å². The Labute approximate surface area is 87.4 Å². The third-order valence-electron chi connectivity index (χ3n) is 2.93. The maximum Gasteiger partial charge on any atom is 0.0431 e. The Morgan fingerprint density at radius 2 is 2.36 bits per heavy atom. The SMILES string of the molecule is CC(CCCO)NCC1CC=CCC1. The van der Waals surface area contributed by atoms with E-state index in [4.69, 9.17) is 5.11 Å². The van der Waals surface area contributed by atoms with Gasteiger partial charge in [0.05, 0.1) is 0 Å². The van der Waals surface area contributed by atoms with Gasteiger partial charge in [0.25, 0.3) is 0 Å². The molecule has 0 fully saturated rings. The second kappa shape index (κ2) is 7.02. The van der Waals surface area contributed by atoms with Crippen LogP contribution in [0.5, 0.6) is 0 Å². The van der Waals surface area contributed by atoms with Crippen molar-refractivity contribution in [2.45, 2.75) is 45.1 Å². The van der Waals surface area contributed by atoms with Crippen LogP contribution in [-0.4, -0.2) is 24.3 Å². The van der Waals surface area contributed by atoms with Crippen LogP contribution >= 0.6 is 0 Å². The molecule has 0 heterocycles. The Bertz CT molecular complexity index is 168. The summed E-state index contributed by atoms with van der Waals surface area (Å²) in [7, 11) is 0. The highest BCUT2D eigenvalue weighted by Crippen LogP contribution is 2.17. The first-order valence-corrected chi connectivity index (χ1v) is 5.82. The van der Waals surface area contributed by atoms with Crippen molar-refractivity contribution >= 4 is 0 Å². The van der Waals surface area contributed by atoms with Crippen LogP contribution in [0.1, 0.15) is 39.0 Å². The van der Waals surface area contributed by atoms with Crippen LogP contribution in [0.4, 0.5) is 0 Å². The molecule has 82 valence electrons. The third kappa shape index (κ3) is 4.77. The molecule has 14 heavy (non-hydrogen) atoms. The summed E-state index contributed by atoms with van der Waals surface area (Å²) >= 11 is 0. The van der Waals surface area contributed by atoms with Gasteiger partial charge in [-0.15, -0.1) is 0 Å². The second-order valence-corrected chi connectivity index (χ2v) is 4.33. The van der Waals surface area contributed by atoms with Gasteiger partial charge in [-0.2, -0.15) is 0 Å². The van der Waals surface area contributed by atoms with E-state index >= 15 is 0 Å². The van der Waals surface area contributed by atoms with Crippen LogP contribution in [0, 0.1) is 5.92 Å². The van der Waals surface area contributed by atoms with Gasteiger partial charge in [-0.05, 0) is 51.5 Å². The minimum Gasteiger partial charge on any atom is -0.396 e. The minimum atomic E-state index is 0.318. The van der Waals surface area contributed by atoms with Gasteiger partial charge in [0.15, 0.2) is 0 Å². The lowest BCUT2D eigenvalue weighted by atomic mass is 9.94. The first kappa shape index (κ1) is 11.7. The lowest BCUT2D eigenvalue weighted by Crippen LogP contribution is -2.31. The Morgan fingerprint density at radius 1 is 1.50 bits per heavy atom. The van der Waals surface area contributed by atoms with Crippen LogP contribution in [0.25, 0.3) is 0 Å². The fraction of sp³-hybridized carbons (Fsp3) is 0.833.